The van der Waals surface area contributed by atoms with Gasteiger partial charge in [-0.1, -0.05) is 6.42 Å². The monoisotopic (exact) mass is 194 g/mol. The fourth-order valence-corrected chi connectivity index (χ4v) is 1.71. The van der Waals surface area contributed by atoms with Crippen LogP contribution in [0.5, 0.6) is 0 Å². The largest absolute Gasteiger partial charge is 0.481 e. The van der Waals surface area contributed by atoms with Crippen LogP contribution in [0.25, 0.3) is 0 Å². The second kappa shape index (κ2) is 3.44. The van der Waals surface area contributed by atoms with Crippen LogP contribution in [0.3, 0.4) is 0 Å². The lowest BCUT2D eigenvalue weighted by Crippen LogP contribution is -2.10. The number of hydrogen-bond acceptors (Lipinski definition) is 2. The van der Waals surface area contributed by atoms with E-state index in [1.807, 2.05) is 6.92 Å². The van der Waals surface area contributed by atoms with Gasteiger partial charge in [0.2, 0.25) is 0 Å². The quantitative estimate of drug-likeness (QED) is 0.768. The number of aromatic amines is 1. The van der Waals surface area contributed by atoms with E-state index in [0.717, 1.165) is 11.5 Å². The summed E-state index contributed by atoms with van der Waals surface area (Å²) in [6, 6.07) is 0. The first-order chi connectivity index (χ1) is 6.66. The van der Waals surface area contributed by atoms with Gasteiger partial charge in [-0.05, 0) is 19.8 Å². The number of nitrogens with one attached hydrogen (secondary N) is 1. The van der Waals surface area contributed by atoms with Crippen molar-refractivity contribution >= 4 is 5.97 Å². The molecule has 2 rings (SSSR count). The van der Waals surface area contributed by atoms with Gasteiger partial charge in [0.05, 0.1) is 12.1 Å². The van der Waals surface area contributed by atoms with Crippen LogP contribution in [-0.4, -0.2) is 21.0 Å². The first-order valence-electron chi connectivity index (χ1n) is 4.94. The van der Waals surface area contributed by atoms with Crippen LogP contribution in [0, 0.1) is 6.92 Å². The van der Waals surface area contributed by atoms with Gasteiger partial charge in [-0.15, -0.1) is 0 Å². The van der Waals surface area contributed by atoms with Crippen LogP contribution in [0.4, 0.5) is 0 Å². The van der Waals surface area contributed by atoms with E-state index in [-0.39, 0.29) is 6.42 Å². The fourth-order valence-electron chi connectivity index (χ4n) is 1.71. The van der Waals surface area contributed by atoms with Gasteiger partial charge in [-0.25, -0.2) is 4.98 Å². The maximum atomic E-state index is 10.5. The molecule has 1 fully saturated rings. The first-order valence-corrected chi connectivity index (χ1v) is 4.94. The van der Waals surface area contributed by atoms with Gasteiger partial charge >= 0.3 is 5.97 Å². The zero-order chi connectivity index (χ0) is 10.1. The van der Waals surface area contributed by atoms with E-state index in [4.69, 9.17) is 5.11 Å². The Balaban J connectivity index is 2.16. The number of carboxylic acid groups (broad SMARTS) is 1. The molecule has 0 saturated heterocycles. The minimum absolute atomic E-state index is 0.0229. The van der Waals surface area contributed by atoms with Crippen molar-refractivity contribution in [3.63, 3.8) is 0 Å². The third-order valence-corrected chi connectivity index (χ3v) is 2.81. The molecule has 0 amide bonds. The van der Waals surface area contributed by atoms with Gasteiger partial charge in [0, 0.05) is 11.6 Å². The summed E-state index contributed by atoms with van der Waals surface area (Å²) in [5.74, 6) is 0.695. The number of aryl methyl sites for hydroxylation is 1. The van der Waals surface area contributed by atoms with Gasteiger partial charge in [0.25, 0.3) is 0 Å². The van der Waals surface area contributed by atoms with Crippen LogP contribution in [0.2, 0.25) is 0 Å². The van der Waals surface area contributed by atoms with Crippen LogP contribution in [-0.2, 0) is 11.2 Å². The molecule has 1 aliphatic rings. The topological polar surface area (TPSA) is 66.0 Å². The summed E-state index contributed by atoms with van der Waals surface area (Å²) in [5.41, 5.74) is 1.58. The van der Waals surface area contributed by atoms with E-state index in [1.165, 1.54) is 19.3 Å². The summed E-state index contributed by atoms with van der Waals surface area (Å²) in [6.45, 7) is 1.88. The molecule has 1 aromatic heterocycles. The highest BCUT2D eigenvalue weighted by atomic mass is 16.4. The van der Waals surface area contributed by atoms with Gasteiger partial charge in [-0.2, -0.15) is 0 Å². The van der Waals surface area contributed by atoms with Crippen LogP contribution in [0.15, 0.2) is 0 Å². The van der Waals surface area contributed by atoms with Crippen molar-refractivity contribution in [1.29, 1.82) is 0 Å². The third kappa shape index (κ3) is 1.64. The Kier molecular flexibility index (Phi) is 2.27. The molecule has 0 spiro atoms. The summed E-state index contributed by atoms with van der Waals surface area (Å²) in [7, 11) is 0. The maximum Gasteiger partial charge on any atom is 0.309 e. The molecule has 76 valence electrons. The molecule has 4 nitrogen and oxygen atoms in total. The second-order valence-corrected chi connectivity index (χ2v) is 3.89. The summed E-state index contributed by atoms with van der Waals surface area (Å²) in [5, 5.41) is 8.66. The van der Waals surface area contributed by atoms with E-state index < -0.39 is 5.97 Å². The Hall–Kier alpha value is -1.32. The molecule has 1 aromatic rings. The Morgan fingerprint density at radius 1 is 1.64 bits per heavy atom. The highest BCUT2D eigenvalue weighted by Crippen LogP contribution is 2.34. The molecular formula is C10H14N2O2. The number of H-pyrrole nitrogens is 1. The number of aliphatic carboxylic acids is 1. The molecule has 2 N–H and O–H groups in total. The molecule has 0 unspecified atom stereocenters. The van der Waals surface area contributed by atoms with Crippen LogP contribution >= 0.6 is 0 Å². The number of carbonyl (C=O) groups is 1. The summed E-state index contributed by atoms with van der Waals surface area (Å²) < 4.78 is 0. The van der Waals surface area contributed by atoms with Crippen molar-refractivity contribution in [3.8, 4) is 0 Å². The first kappa shape index (κ1) is 9.24. The van der Waals surface area contributed by atoms with Crippen molar-refractivity contribution in [2.45, 2.75) is 38.5 Å². The molecule has 14 heavy (non-hydrogen) atoms. The van der Waals surface area contributed by atoms with Gasteiger partial charge in [0.15, 0.2) is 0 Å². The SMILES string of the molecule is Cc1[nH]c(C2CCC2)nc1CC(=O)O. The molecule has 0 atom stereocenters. The molecule has 0 aromatic carbocycles. The van der Waals surface area contributed by atoms with E-state index >= 15 is 0 Å². The molecule has 4 heteroatoms. The predicted octanol–water partition coefficient (Wildman–Crippen LogP) is 1.61. The zero-order valence-electron chi connectivity index (χ0n) is 8.21. The van der Waals surface area contributed by atoms with E-state index in [0.29, 0.717) is 11.6 Å². The van der Waals surface area contributed by atoms with Crippen molar-refractivity contribution < 1.29 is 9.90 Å². The lowest BCUT2D eigenvalue weighted by atomic mass is 9.85. The Morgan fingerprint density at radius 2 is 2.36 bits per heavy atom. The number of imidazole rings is 1. The normalized spacial score (nSPS) is 16.6. The molecule has 1 saturated carbocycles. The average Bonchev–Trinajstić information content (AvgIpc) is 2.27. The van der Waals surface area contributed by atoms with Gasteiger partial charge in [0.1, 0.15) is 5.82 Å². The molecule has 1 aliphatic carbocycles. The summed E-state index contributed by atoms with van der Waals surface area (Å²) >= 11 is 0. The molecule has 0 bridgehead atoms. The lowest BCUT2D eigenvalue weighted by Gasteiger charge is -2.22. The third-order valence-electron chi connectivity index (χ3n) is 2.81. The minimum atomic E-state index is -0.820. The van der Waals surface area contributed by atoms with Crippen molar-refractivity contribution in [3.05, 3.63) is 17.2 Å². The lowest BCUT2D eigenvalue weighted by molar-refractivity contribution is -0.136. The Morgan fingerprint density at radius 3 is 2.86 bits per heavy atom. The summed E-state index contributed by atoms with van der Waals surface area (Å²) in [6.07, 6.45) is 3.65. The van der Waals surface area contributed by atoms with E-state index in [2.05, 4.69) is 9.97 Å². The van der Waals surface area contributed by atoms with E-state index in [1.54, 1.807) is 0 Å². The molecule has 0 aliphatic heterocycles. The number of carboxylic acids is 1. The van der Waals surface area contributed by atoms with Crippen molar-refractivity contribution in [2.75, 3.05) is 0 Å². The maximum absolute atomic E-state index is 10.5. The molecule has 0 radical (unpaired) electrons. The standard InChI is InChI=1S/C10H14N2O2/c1-6-8(5-9(13)14)12-10(11-6)7-3-2-4-7/h7H,2-5H2,1H3,(H,11,12)(H,13,14). The number of aromatic nitrogens is 2. The zero-order valence-corrected chi connectivity index (χ0v) is 8.21. The predicted molar refractivity (Wildman–Crippen MR) is 51.3 cm³/mol. The van der Waals surface area contributed by atoms with Gasteiger partial charge in [-0.3, -0.25) is 4.79 Å². The Bertz CT molecular complexity index is 353. The molecular weight excluding hydrogens is 180 g/mol. The number of rotatable bonds is 3. The average molecular weight is 194 g/mol. The van der Waals surface area contributed by atoms with Crippen molar-refractivity contribution in [2.24, 2.45) is 0 Å². The number of hydrogen-bond donors (Lipinski definition) is 2. The van der Waals surface area contributed by atoms with Crippen LogP contribution in [0.1, 0.15) is 42.4 Å². The van der Waals surface area contributed by atoms with E-state index in [9.17, 15) is 4.79 Å². The minimum Gasteiger partial charge on any atom is -0.481 e. The van der Waals surface area contributed by atoms with Gasteiger partial charge < -0.3 is 10.1 Å². The molecule has 1 heterocycles. The van der Waals surface area contributed by atoms with Crippen molar-refractivity contribution in [1.82, 2.24) is 9.97 Å². The number of nitrogens with zero attached hydrogens (tertiary/aromatic N) is 1. The highest BCUT2D eigenvalue weighted by Gasteiger charge is 2.23. The second-order valence-electron chi connectivity index (χ2n) is 3.89. The highest BCUT2D eigenvalue weighted by molar-refractivity contribution is 5.69. The summed E-state index contributed by atoms with van der Waals surface area (Å²) in [4.78, 5) is 18.0. The Labute approximate surface area is 82.4 Å². The van der Waals surface area contributed by atoms with Crippen LogP contribution < -0.4 is 0 Å². The fraction of sp³-hybridized carbons (Fsp3) is 0.600. The smallest absolute Gasteiger partial charge is 0.309 e.